The molecule has 0 heterocycles. The minimum atomic E-state index is -1.07. The molecular weight excluding hydrogens is 250 g/mol. The summed E-state index contributed by atoms with van der Waals surface area (Å²) >= 11 is 0. The van der Waals surface area contributed by atoms with Gasteiger partial charge >= 0.3 is 0 Å². The maximum Gasteiger partial charge on any atom is 0.245 e. The van der Waals surface area contributed by atoms with E-state index in [4.69, 9.17) is 0 Å². The van der Waals surface area contributed by atoms with Crippen molar-refractivity contribution in [2.75, 3.05) is 5.75 Å². The van der Waals surface area contributed by atoms with E-state index >= 15 is 0 Å². The fourth-order valence-electron chi connectivity index (χ4n) is 4.68. The van der Waals surface area contributed by atoms with Crippen LogP contribution in [0.4, 0.5) is 0 Å². The predicted molar refractivity (Wildman–Crippen MR) is 70.3 cm³/mol. The first-order valence-electron chi connectivity index (χ1n) is 6.81. The molecule has 2 fully saturated rings. The highest BCUT2D eigenvalue weighted by Gasteiger charge is 2.78. The van der Waals surface area contributed by atoms with Crippen LogP contribution in [0.15, 0.2) is 12.2 Å². The van der Waals surface area contributed by atoms with E-state index in [9.17, 15) is 14.3 Å². The van der Waals surface area contributed by atoms with Crippen molar-refractivity contribution < 1.29 is 9.13 Å². The number of allylic oxidation sites excluding steroid dienone is 1. The number of fused-ring (bicyclic) bond motifs is 5. The van der Waals surface area contributed by atoms with E-state index in [1.165, 1.54) is 0 Å². The van der Waals surface area contributed by atoms with Crippen LogP contribution in [0.25, 0.3) is 0 Å². The zero-order valence-electron chi connectivity index (χ0n) is 10.6. The minimum absolute atomic E-state index is 0.0146. The van der Waals surface area contributed by atoms with Crippen LogP contribution < -0.4 is 0 Å². The van der Waals surface area contributed by atoms with Crippen LogP contribution in [-0.2, 0) is 10.8 Å². The second-order valence-electron chi connectivity index (χ2n) is 5.81. The SMILES string of the molecule is CCCS(=O)[C@@]12CCC[C@]1([N+](=O)[O-])[C@H]1C=C[C@@H]2C1. The molecule has 100 valence electrons. The van der Waals surface area contributed by atoms with Gasteiger partial charge < -0.3 is 0 Å². The van der Waals surface area contributed by atoms with Crippen LogP contribution in [0.2, 0.25) is 0 Å². The first-order valence-corrected chi connectivity index (χ1v) is 8.13. The van der Waals surface area contributed by atoms with Crippen molar-refractivity contribution in [2.45, 2.75) is 49.3 Å². The summed E-state index contributed by atoms with van der Waals surface area (Å²) in [6.07, 6.45) is 8.03. The van der Waals surface area contributed by atoms with Crippen molar-refractivity contribution in [2.24, 2.45) is 11.8 Å². The molecule has 3 aliphatic carbocycles. The summed E-state index contributed by atoms with van der Waals surface area (Å²) in [7, 11) is -1.07. The molecule has 18 heavy (non-hydrogen) atoms. The molecule has 2 saturated carbocycles. The highest BCUT2D eigenvalue weighted by Crippen LogP contribution is 2.64. The summed E-state index contributed by atoms with van der Waals surface area (Å²) in [6.45, 7) is 2.00. The summed E-state index contributed by atoms with van der Waals surface area (Å²) < 4.78 is 12.2. The van der Waals surface area contributed by atoms with E-state index in [0.29, 0.717) is 12.2 Å². The first-order chi connectivity index (χ1) is 8.59. The van der Waals surface area contributed by atoms with Gasteiger partial charge in [-0.15, -0.1) is 0 Å². The molecule has 3 aliphatic rings. The Morgan fingerprint density at radius 2 is 2.11 bits per heavy atom. The number of nitro groups is 1. The molecule has 0 amide bonds. The molecule has 2 bridgehead atoms. The normalized spacial score (nSPS) is 46.3. The topological polar surface area (TPSA) is 60.2 Å². The van der Waals surface area contributed by atoms with Crippen molar-refractivity contribution >= 4 is 10.8 Å². The van der Waals surface area contributed by atoms with Gasteiger partial charge in [-0.3, -0.25) is 14.3 Å². The molecule has 4 nitrogen and oxygen atoms in total. The van der Waals surface area contributed by atoms with E-state index in [0.717, 1.165) is 25.7 Å². The quantitative estimate of drug-likeness (QED) is 0.447. The number of hydrogen-bond donors (Lipinski definition) is 0. The maximum absolute atomic E-state index is 12.7. The van der Waals surface area contributed by atoms with Gasteiger partial charge in [-0.1, -0.05) is 19.1 Å². The first kappa shape index (κ1) is 12.3. The van der Waals surface area contributed by atoms with E-state index in [-0.39, 0.29) is 16.8 Å². The van der Waals surface area contributed by atoms with Crippen LogP contribution in [0.5, 0.6) is 0 Å². The predicted octanol–water partition coefficient (Wildman–Crippen LogP) is 2.29. The zero-order valence-corrected chi connectivity index (χ0v) is 11.4. The average Bonchev–Trinajstić information content (AvgIpc) is 3.00. The molecule has 0 aromatic carbocycles. The number of hydrogen-bond acceptors (Lipinski definition) is 3. The lowest BCUT2D eigenvalue weighted by Crippen LogP contribution is -2.60. The molecular formula is C13H19NO3S. The maximum atomic E-state index is 12.7. The summed E-state index contributed by atoms with van der Waals surface area (Å²) in [5.41, 5.74) is -0.924. The van der Waals surface area contributed by atoms with E-state index in [1.54, 1.807) is 0 Å². The molecule has 0 aromatic rings. The molecule has 0 aliphatic heterocycles. The van der Waals surface area contributed by atoms with Crippen LogP contribution in [0, 0.1) is 22.0 Å². The Kier molecular flexibility index (Phi) is 2.66. The Balaban J connectivity index is 2.12. The molecule has 0 spiro atoms. The van der Waals surface area contributed by atoms with Gasteiger partial charge in [0.25, 0.3) is 0 Å². The second-order valence-corrected chi connectivity index (χ2v) is 7.64. The smallest absolute Gasteiger partial charge is 0.245 e. The van der Waals surface area contributed by atoms with Crippen molar-refractivity contribution in [3.63, 3.8) is 0 Å². The Morgan fingerprint density at radius 3 is 2.78 bits per heavy atom. The van der Waals surface area contributed by atoms with Crippen molar-refractivity contribution in [1.82, 2.24) is 0 Å². The highest BCUT2D eigenvalue weighted by molar-refractivity contribution is 7.86. The van der Waals surface area contributed by atoms with Crippen LogP contribution >= 0.6 is 0 Å². The Morgan fingerprint density at radius 1 is 1.39 bits per heavy atom. The van der Waals surface area contributed by atoms with E-state index in [1.807, 2.05) is 13.0 Å². The Bertz CT molecular complexity index is 450. The van der Waals surface area contributed by atoms with Crippen LogP contribution in [-0.4, -0.2) is 25.2 Å². The largest absolute Gasteiger partial charge is 0.264 e. The third kappa shape index (κ3) is 1.14. The lowest BCUT2D eigenvalue weighted by Gasteiger charge is -2.39. The standard InChI is InChI=1S/C13H19NO3S/c1-2-8-18(17)13-7-3-6-12(13,14(15)16)10-4-5-11(13)9-10/h4-5,10-11H,2-3,6-9H2,1H3/t10-,11+,12-,13+,18?/m0/s1. The average molecular weight is 269 g/mol. The monoisotopic (exact) mass is 269 g/mol. The van der Waals surface area contributed by atoms with Gasteiger partial charge in [0.15, 0.2) is 0 Å². The van der Waals surface area contributed by atoms with Gasteiger partial charge in [-0.05, 0) is 25.7 Å². The molecule has 3 rings (SSSR count). The van der Waals surface area contributed by atoms with Crippen molar-refractivity contribution in [1.29, 1.82) is 0 Å². The van der Waals surface area contributed by atoms with Crippen molar-refractivity contribution in [3.05, 3.63) is 22.3 Å². The lowest BCUT2D eigenvalue weighted by molar-refractivity contribution is -0.578. The van der Waals surface area contributed by atoms with Gasteiger partial charge in [0.2, 0.25) is 5.54 Å². The van der Waals surface area contributed by atoms with Crippen molar-refractivity contribution in [3.8, 4) is 0 Å². The third-order valence-corrected chi connectivity index (χ3v) is 7.71. The zero-order chi connectivity index (χ0) is 13.0. The van der Waals surface area contributed by atoms with Gasteiger partial charge in [-0.2, -0.15) is 0 Å². The fraction of sp³-hybridized carbons (Fsp3) is 0.846. The fourth-order valence-corrected chi connectivity index (χ4v) is 7.02. The minimum Gasteiger partial charge on any atom is -0.264 e. The van der Waals surface area contributed by atoms with Gasteiger partial charge in [0.05, 0.1) is 0 Å². The Hall–Kier alpha value is -0.710. The highest BCUT2D eigenvalue weighted by atomic mass is 32.2. The molecule has 0 aromatic heterocycles. The summed E-state index contributed by atoms with van der Waals surface area (Å²) in [5.74, 6) is 0.788. The van der Waals surface area contributed by atoms with Gasteiger partial charge in [0, 0.05) is 39.7 Å². The summed E-state index contributed by atoms with van der Waals surface area (Å²) in [6, 6.07) is 0. The molecule has 0 saturated heterocycles. The summed E-state index contributed by atoms with van der Waals surface area (Å²) in [4.78, 5) is 11.7. The molecule has 5 heteroatoms. The number of nitrogens with zero attached hydrogens (tertiary/aromatic N) is 1. The lowest BCUT2D eigenvalue weighted by atomic mass is 9.78. The molecule has 1 unspecified atom stereocenters. The Labute approximate surface area is 109 Å². The van der Waals surface area contributed by atoms with E-state index in [2.05, 4.69) is 6.08 Å². The molecule has 5 atom stereocenters. The van der Waals surface area contributed by atoms with E-state index < -0.39 is 21.1 Å². The molecule has 0 N–H and O–H groups in total. The second kappa shape index (κ2) is 3.89. The molecule has 0 radical (unpaired) electrons. The van der Waals surface area contributed by atoms with Crippen LogP contribution in [0.1, 0.15) is 39.0 Å². The third-order valence-electron chi connectivity index (χ3n) is 5.26. The number of rotatable bonds is 4. The van der Waals surface area contributed by atoms with Gasteiger partial charge in [0.1, 0.15) is 4.75 Å². The van der Waals surface area contributed by atoms with Gasteiger partial charge in [-0.25, -0.2) is 0 Å². The van der Waals surface area contributed by atoms with Crippen LogP contribution in [0.3, 0.4) is 0 Å². The summed E-state index contributed by atoms with van der Waals surface area (Å²) in [5, 5.41) is 11.7.